The third kappa shape index (κ3) is 10.0. The van der Waals surface area contributed by atoms with Crippen LogP contribution in [-0.2, 0) is 20.7 Å². The molecule has 33 heavy (non-hydrogen) atoms. The molecule has 1 atom stereocenters. The van der Waals surface area contributed by atoms with Gasteiger partial charge in [0.2, 0.25) is 5.91 Å². The molecule has 0 aromatic heterocycles. The van der Waals surface area contributed by atoms with Gasteiger partial charge in [-0.05, 0) is 54.5 Å². The molecule has 0 spiro atoms. The number of unbranched alkanes of at least 4 members (excludes halogenated alkanes) is 1. The van der Waals surface area contributed by atoms with E-state index in [1.165, 1.54) is 35.1 Å². The number of ether oxygens (including phenoxy) is 1. The van der Waals surface area contributed by atoms with Crippen molar-refractivity contribution >= 4 is 23.6 Å². The van der Waals surface area contributed by atoms with Gasteiger partial charge in [-0.15, -0.1) is 11.8 Å². The zero-order chi connectivity index (χ0) is 24.1. The lowest BCUT2D eigenvalue weighted by molar-refractivity contribution is -0.144. The fourth-order valence-electron chi connectivity index (χ4n) is 3.75. The predicted octanol–water partition coefficient (Wildman–Crippen LogP) is 6.58. The van der Waals surface area contributed by atoms with E-state index in [1.54, 1.807) is 18.7 Å². The van der Waals surface area contributed by atoms with Crippen LogP contribution in [0.15, 0.2) is 47.4 Å². The Hall–Kier alpha value is -2.27. The van der Waals surface area contributed by atoms with Gasteiger partial charge < -0.3 is 10.1 Å². The van der Waals surface area contributed by atoms with Crippen LogP contribution in [0, 0.1) is 12.8 Å². The Morgan fingerprint density at radius 1 is 1.12 bits per heavy atom. The highest BCUT2D eigenvalue weighted by atomic mass is 32.2. The summed E-state index contributed by atoms with van der Waals surface area (Å²) in [6.07, 6.45) is 5.74. The average Bonchev–Trinajstić information content (AvgIpc) is 2.79. The van der Waals surface area contributed by atoms with Crippen molar-refractivity contribution < 1.29 is 14.3 Å². The molecule has 1 amide bonds. The van der Waals surface area contributed by atoms with E-state index in [9.17, 15) is 9.59 Å². The first-order chi connectivity index (χ1) is 15.9. The smallest absolute Gasteiger partial charge is 0.306 e. The van der Waals surface area contributed by atoms with Gasteiger partial charge in [0.15, 0.2) is 0 Å². The second-order valence-corrected chi connectivity index (χ2v) is 9.79. The van der Waals surface area contributed by atoms with Gasteiger partial charge in [0, 0.05) is 24.1 Å². The normalized spacial score (nSPS) is 11.8. The Labute approximate surface area is 203 Å². The van der Waals surface area contributed by atoms with Crippen molar-refractivity contribution in [3.05, 3.63) is 53.6 Å². The Morgan fingerprint density at radius 2 is 1.94 bits per heavy atom. The summed E-state index contributed by atoms with van der Waals surface area (Å²) >= 11 is 1.68. The van der Waals surface area contributed by atoms with Crippen LogP contribution in [0.2, 0.25) is 0 Å². The van der Waals surface area contributed by atoms with Crippen molar-refractivity contribution in [2.75, 3.05) is 18.9 Å². The number of amides is 1. The van der Waals surface area contributed by atoms with Gasteiger partial charge in [0.05, 0.1) is 13.0 Å². The Kier molecular flexibility index (Phi) is 12.1. The summed E-state index contributed by atoms with van der Waals surface area (Å²) in [6.45, 7) is 9.14. The van der Waals surface area contributed by atoms with Crippen LogP contribution in [0.4, 0.5) is 0 Å². The van der Waals surface area contributed by atoms with Crippen molar-refractivity contribution in [3.8, 4) is 11.1 Å². The van der Waals surface area contributed by atoms with Crippen molar-refractivity contribution in [2.45, 2.75) is 71.1 Å². The summed E-state index contributed by atoms with van der Waals surface area (Å²) in [5.41, 5.74) is 4.77. The van der Waals surface area contributed by atoms with E-state index < -0.39 is 0 Å². The molecule has 1 unspecified atom stereocenters. The summed E-state index contributed by atoms with van der Waals surface area (Å²) < 4.78 is 5.53. The van der Waals surface area contributed by atoms with Crippen molar-refractivity contribution in [1.29, 1.82) is 0 Å². The first kappa shape index (κ1) is 27.0. The molecule has 0 saturated heterocycles. The van der Waals surface area contributed by atoms with Gasteiger partial charge in [-0.25, -0.2) is 0 Å². The van der Waals surface area contributed by atoms with Gasteiger partial charge in [0.25, 0.3) is 0 Å². The molecule has 1 N–H and O–H groups in total. The monoisotopic (exact) mass is 469 g/mol. The molecule has 5 heteroatoms. The molecule has 0 heterocycles. The number of carbonyl (C=O) groups is 2. The molecule has 0 saturated carbocycles. The fraction of sp³-hybridized carbons (Fsp3) is 0.500. The SMILES string of the molecule is CCCCC(CC)COC(=O)CCSc1ccc(CCNC(C)=O)c(-c2cccc(C)c2)c1. The minimum Gasteiger partial charge on any atom is -0.465 e. The molecule has 0 fully saturated rings. The topological polar surface area (TPSA) is 55.4 Å². The maximum Gasteiger partial charge on any atom is 0.306 e. The third-order valence-electron chi connectivity index (χ3n) is 5.78. The largest absolute Gasteiger partial charge is 0.465 e. The number of rotatable bonds is 14. The van der Waals surface area contributed by atoms with E-state index in [2.05, 4.69) is 68.6 Å². The predicted molar refractivity (Wildman–Crippen MR) is 139 cm³/mol. The quantitative estimate of drug-likeness (QED) is 0.251. The highest BCUT2D eigenvalue weighted by Crippen LogP contribution is 2.30. The van der Waals surface area contributed by atoms with Crippen molar-refractivity contribution in [2.24, 2.45) is 5.92 Å². The van der Waals surface area contributed by atoms with E-state index in [0.717, 1.165) is 24.2 Å². The molecule has 0 aliphatic rings. The van der Waals surface area contributed by atoms with Crippen LogP contribution in [0.1, 0.15) is 64.0 Å². The van der Waals surface area contributed by atoms with Gasteiger partial charge in [-0.1, -0.05) is 69.0 Å². The van der Waals surface area contributed by atoms with E-state index in [4.69, 9.17) is 4.74 Å². The summed E-state index contributed by atoms with van der Waals surface area (Å²) in [5, 5.41) is 2.89. The van der Waals surface area contributed by atoms with Gasteiger partial charge >= 0.3 is 5.97 Å². The van der Waals surface area contributed by atoms with E-state index in [1.807, 2.05) is 0 Å². The first-order valence-corrected chi connectivity index (χ1v) is 13.1. The zero-order valence-electron chi connectivity index (χ0n) is 20.6. The average molecular weight is 470 g/mol. The second-order valence-electron chi connectivity index (χ2n) is 8.62. The van der Waals surface area contributed by atoms with Gasteiger partial charge in [-0.3, -0.25) is 9.59 Å². The first-order valence-electron chi connectivity index (χ1n) is 12.2. The molecular weight excluding hydrogens is 430 g/mol. The summed E-state index contributed by atoms with van der Waals surface area (Å²) in [4.78, 5) is 24.6. The molecule has 2 aromatic carbocycles. The van der Waals surface area contributed by atoms with Crippen LogP contribution in [-0.4, -0.2) is 30.8 Å². The summed E-state index contributed by atoms with van der Waals surface area (Å²) in [6, 6.07) is 14.9. The highest BCUT2D eigenvalue weighted by molar-refractivity contribution is 7.99. The van der Waals surface area contributed by atoms with Crippen LogP contribution >= 0.6 is 11.8 Å². The standard InChI is InChI=1S/C28H39NO3S/c1-5-7-10-23(6-2)20-32-28(31)15-17-33-26-13-12-24(14-16-29-22(4)30)27(19-26)25-11-8-9-21(3)18-25/h8-9,11-13,18-19,23H,5-7,10,14-17,20H2,1-4H3,(H,29,30). The minimum absolute atomic E-state index is 0.0122. The molecule has 2 aromatic rings. The third-order valence-corrected chi connectivity index (χ3v) is 6.77. The van der Waals surface area contributed by atoms with E-state index in [-0.39, 0.29) is 11.9 Å². The molecule has 0 radical (unpaired) electrons. The summed E-state index contributed by atoms with van der Waals surface area (Å²) in [7, 11) is 0. The second kappa shape index (κ2) is 14.8. The van der Waals surface area contributed by atoms with Crippen LogP contribution in [0.25, 0.3) is 11.1 Å². The number of benzene rings is 2. The summed E-state index contributed by atoms with van der Waals surface area (Å²) in [5.74, 6) is 1.05. The maximum atomic E-state index is 12.2. The Balaban J connectivity index is 1.97. The molecule has 0 aliphatic carbocycles. The molecule has 0 aliphatic heterocycles. The molecule has 180 valence electrons. The van der Waals surface area contributed by atoms with Gasteiger partial charge in [-0.2, -0.15) is 0 Å². The number of nitrogens with one attached hydrogen (secondary N) is 1. The Bertz CT molecular complexity index is 896. The molecule has 2 rings (SSSR count). The molecule has 0 bridgehead atoms. The van der Waals surface area contributed by atoms with Crippen LogP contribution in [0.5, 0.6) is 0 Å². The Morgan fingerprint density at radius 3 is 2.64 bits per heavy atom. The molecular formula is C28H39NO3S. The van der Waals surface area contributed by atoms with Crippen LogP contribution in [0.3, 0.4) is 0 Å². The number of aryl methyl sites for hydroxylation is 1. The number of thioether (sulfide) groups is 1. The fourth-order valence-corrected chi connectivity index (χ4v) is 4.62. The maximum absolute atomic E-state index is 12.2. The lowest BCUT2D eigenvalue weighted by atomic mass is 9.96. The highest BCUT2D eigenvalue weighted by Gasteiger charge is 2.12. The lowest BCUT2D eigenvalue weighted by Gasteiger charge is -2.15. The zero-order valence-corrected chi connectivity index (χ0v) is 21.4. The lowest BCUT2D eigenvalue weighted by Crippen LogP contribution is -2.22. The van der Waals surface area contributed by atoms with E-state index >= 15 is 0 Å². The van der Waals surface area contributed by atoms with Gasteiger partial charge in [0.1, 0.15) is 0 Å². The van der Waals surface area contributed by atoms with Crippen molar-refractivity contribution in [1.82, 2.24) is 5.32 Å². The number of carbonyl (C=O) groups excluding carboxylic acids is 2. The van der Waals surface area contributed by atoms with Crippen LogP contribution < -0.4 is 5.32 Å². The number of hydrogen-bond acceptors (Lipinski definition) is 4. The van der Waals surface area contributed by atoms with Crippen molar-refractivity contribution in [3.63, 3.8) is 0 Å². The number of esters is 1. The van der Waals surface area contributed by atoms with E-state index in [0.29, 0.717) is 31.2 Å². The minimum atomic E-state index is -0.108. The molecule has 4 nitrogen and oxygen atoms in total. The number of hydrogen-bond donors (Lipinski definition) is 1.